The number of rotatable bonds is 5. The van der Waals surface area contributed by atoms with Crippen LogP contribution in [0.3, 0.4) is 0 Å². The second-order valence-corrected chi connectivity index (χ2v) is 6.30. The van der Waals surface area contributed by atoms with Crippen LogP contribution in [-0.2, 0) is 4.74 Å². The number of aromatic nitrogens is 1. The molecule has 0 saturated heterocycles. The molecule has 27 heavy (non-hydrogen) atoms. The summed E-state index contributed by atoms with van der Waals surface area (Å²) in [6, 6.07) is 18.1. The van der Waals surface area contributed by atoms with Gasteiger partial charge in [0.1, 0.15) is 0 Å². The zero-order valence-electron chi connectivity index (χ0n) is 15.6. The Bertz CT molecular complexity index is 996. The molecule has 1 N–H and O–H groups in total. The van der Waals surface area contributed by atoms with Gasteiger partial charge in [-0.2, -0.15) is 0 Å². The molecule has 0 aliphatic rings. The Balaban J connectivity index is 1.78. The molecule has 0 bridgehead atoms. The summed E-state index contributed by atoms with van der Waals surface area (Å²) in [5.74, 6) is -0.626. The van der Waals surface area contributed by atoms with Gasteiger partial charge < -0.3 is 9.72 Å². The molecule has 1 heterocycles. The molecule has 0 radical (unpaired) electrons. The number of ketones is 1. The number of hydrogen-bond donors (Lipinski definition) is 1. The molecule has 0 atom stereocenters. The van der Waals surface area contributed by atoms with Crippen molar-refractivity contribution >= 4 is 17.8 Å². The molecule has 4 nitrogen and oxygen atoms in total. The van der Waals surface area contributed by atoms with E-state index in [1.807, 2.05) is 42.5 Å². The molecule has 0 unspecified atom stereocenters. The van der Waals surface area contributed by atoms with Crippen LogP contribution in [0.5, 0.6) is 0 Å². The maximum atomic E-state index is 12.5. The van der Waals surface area contributed by atoms with Gasteiger partial charge in [0, 0.05) is 5.69 Å². The van der Waals surface area contributed by atoms with Gasteiger partial charge in [-0.3, -0.25) is 4.79 Å². The van der Waals surface area contributed by atoms with Crippen molar-refractivity contribution in [2.45, 2.75) is 13.8 Å². The van der Waals surface area contributed by atoms with Gasteiger partial charge >= 0.3 is 5.97 Å². The van der Waals surface area contributed by atoms with Gasteiger partial charge in [-0.05, 0) is 42.2 Å². The number of methoxy groups -OCH3 is 1. The molecule has 136 valence electrons. The number of carbonyl (C=O) groups excluding carboxylic acids is 2. The minimum atomic E-state index is -0.444. The first-order chi connectivity index (χ1) is 13.0. The highest BCUT2D eigenvalue weighted by molar-refractivity contribution is 6.08. The topological polar surface area (TPSA) is 59.2 Å². The summed E-state index contributed by atoms with van der Waals surface area (Å²) in [4.78, 5) is 27.4. The van der Waals surface area contributed by atoms with Crippen LogP contribution in [0.2, 0.25) is 0 Å². The molecule has 0 amide bonds. The van der Waals surface area contributed by atoms with Gasteiger partial charge in [0.05, 0.1) is 18.4 Å². The lowest BCUT2D eigenvalue weighted by atomic mass is 10.0. The maximum absolute atomic E-state index is 12.5. The summed E-state index contributed by atoms with van der Waals surface area (Å²) in [5, 5.41) is 0. The Morgan fingerprint density at radius 1 is 0.926 bits per heavy atom. The Morgan fingerprint density at radius 2 is 1.56 bits per heavy atom. The van der Waals surface area contributed by atoms with E-state index in [9.17, 15) is 9.59 Å². The Morgan fingerprint density at radius 3 is 2.19 bits per heavy atom. The number of nitrogens with one attached hydrogen (secondary N) is 1. The number of aromatic amines is 1. The highest BCUT2D eigenvalue weighted by Crippen LogP contribution is 2.21. The quantitative estimate of drug-likeness (QED) is 0.397. The largest absolute Gasteiger partial charge is 0.465 e. The van der Waals surface area contributed by atoms with E-state index in [0.29, 0.717) is 22.5 Å². The minimum absolute atomic E-state index is 0.183. The van der Waals surface area contributed by atoms with Crippen molar-refractivity contribution in [3.8, 4) is 11.1 Å². The molecule has 3 rings (SSSR count). The van der Waals surface area contributed by atoms with E-state index < -0.39 is 5.97 Å². The van der Waals surface area contributed by atoms with Crippen LogP contribution in [0, 0.1) is 13.8 Å². The highest BCUT2D eigenvalue weighted by Gasteiger charge is 2.21. The molecule has 2 aromatic carbocycles. The number of carbonyl (C=O) groups is 2. The van der Waals surface area contributed by atoms with Gasteiger partial charge in [0.2, 0.25) is 5.78 Å². The fraction of sp³-hybridized carbons (Fsp3) is 0.130. The minimum Gasteiger partial charge on any atom is -0.465 e. The molecule has 3 aromatic rings. The van der Waals surface area contributed by atoms with Crippen molar-refractivity contribution in [2.75, 3.05) is 7.11 Å². The van der Waals surface area contributed by atoms with E-state index in [4.69, 9.17) is 4.74 Å². The number of ether oxygens (including phenoxy) is 1. The molecule has 0 saturated carbocycles. The predicted octanol–water partition coefficient (Wildman–Crippen LogP) is 4.98. The normalized spacial score (nSPS) is 10.9. The number of allylic oxidation sites excluding steroid dienone is 1. The smallest absolute Gasteiger partial charge is 0.339 e. The maximum Gasteiger partial charge on any atom is 0.339 e. The van der Waals surface area contributed by atoms with Gasteiger partial charge in [-0.1, -0.05) is 60.7 Å². The summed E-state index contributed by atoms with van der Waals surface area (Å²) < 4.78 is 4.78. The van der Waals surface area contributed by atoms with Crippen LogP contribution in [0.1, 0.15) is 37.7 Å². The number of H-pyrrole nitrogens is 1. The fourth-order valence-electron chi connectivity index (χ4n) is 3.08. The molecule has 0 spiro atoms. The van der Waals surface area contributed by atoms with Crippen molar-refractivity contribution < 1.29 is 14.3 Å². The second kappa shape index (κ2) is 7.87. The standard InChI is InChI=1S/C23H21NO3/c1-15-21(23(26)27-3)16(2)24-22(15)20(25)14-11-17-9-12-19(13-10-17)18-7-5-4-6-8-18/h4-14,24H,1-3H3/b14-11+. The lowest BCUT2D eigenvalue weighted by Crippen LogP contribution is -2.04. The van der Waals surface area contributed by atoms with Crippen molar-refractivity contribution in [3.05, 3.63) is 88.8 Å². The summed E-state index contributed by atoms with van der Waals surface area (Å²) in [5.41, 5.74) is 5.26. The van der Waals surface area contributed by atoms with E-state index >= 15 is 0 Å². The summed E-state index contributed by atoms with van der Waals surface area (Å²) in [6.07, 6.45) is 3.28. The van der Waals surface area contributed by atoms with Gasteiger partial charge in [0.15, 0.2) is 0 Å². The monoisotopic (exact) mass is 359 g/mol. The Kier molecular flexibility index (Phi) is 5.36. The van der Waals surface area contributed by atoms with Gasteiger partial charge in [-0.15, -0.1) is 0 Å². The van der Waals surface area contributed by atoms with E-state index in [2.05, 4.69) is 17.1 Å². The van der Waals surface area contributed by atoms with Crippen molar-refractivity contribution in [3.63, 3.8) is 0 Å². The molecule has 1 aromatic heterocycles. The lowest BCUT2D eigenvalue weighted by Gasteiger charge is -2.02. The van der Waals surface area contributed by atoms with E-state index in [0.717, 1.165) is 16.7 Å². The van der Waals surface area contributed by atoms with E-state index in [-0.39, 0.29) is 5.78 Å². The average Bonchev–Trinajstić information content (AvgIpc) is 3.01. The van der Waals surface area contributed by atoms with Gasteiger partial charge in [0.25, 0.3) is 0 Å². The average molecular weight is 359 g/mol. The van der Waals surface area contributed by atoms with Crippen LogP contribution in [0.4, 0.5) is 0 Å². The van der Waals surface area contributed by atoms with Crippen molar-refractivity contribution in [2.24, 2.45) is 0 Å². The number of benzene rings is 2. The Hall–Kier alpha value is -3.40. The molecule has 0 aliphatic carbocycles. The summed E-state index contributed by atoms with van der Waals surface area (Å²) >= 11 is 0. The first-order valence-electron chi connectivity index (χ1n) is 8.66. The first-order valence-corrected chi connectivity index (χ1v) is 8.66. The van der Waals surface area contributed by atoms with Crippen LogP contribution in [-0.4, -0.2) is 23.8 Å². The van der Waals surface area contributed by atoms with Crippen molar-refractivity contribution in [1.29, 1.82) is 0 Å². The molecule has 0 fully saturated rings. The number of hydrogen-bond acceptors (Lipinski definition) is 3. The fourth-order valence-corrected chi connectivity index (χ4v) is 3.08. The third-order valence-corrected chi connectivity index (χ3v) is 4.52. The molecule has 0 aliphatic heterocycles. The van der Waals surface area contributed by atoms with Crippen LogP contribution >= 0.6 is 0 Å². The van der Waals surface area contributed by atoms with Crippen LogP contribution in [0.25, 0.3) is 17.2 Å². The van der Waals surface area contributed by atoms with E-state index in [1.165, 1.54) is 13.2 Å². The zero-order chi connectivity index (χ0) is 19.4. The third kappa shape index (κ3) is 3.90. The zero-order valence-corrected chi connectivity index (χ0v) is 15.6. The van der Waals surface area contributed by atoms with Crippen LogP contribution < -0.4 is 0 Å². The summed E-state index contributed by atoms with van der Waals surface area (Å²) in [6.45, 7) is 3.49. The van der Waals surface area contributed by atoms with Crippen LogP contribution in [0.15, 0.2) is 60.7 Å². The lowest BCUT2D eigenvalue weighted by molar-refractivity contribution is 0.0599. The van der Waals surface area contributed by atoms with Crippen molar-refractivity contribution in [1.82, 2.24) is 4.98 Å². The molecular weight excluding hydrogens is 338 g/mol. The second-order valence-electron chi connectivity index (χ2n) is 6.30. The number of aryl methyl sites for hydroxylation is 1. The van der Waals surface area contributed by atoms with E-state index in [1.54, 1.807) is 19.9 Å². The highest BCUT2D eigenvalue weighted by atomic mass is 16.5. The first kappa shape index (κ1) is 18.4. The SMILES string of the molecule is COC(=O)c1c(C)[nH]c(C(=O)/C=C/c2ccc(-c3ccccc3)cc2)c1C. The number of esters is 1. The third-order valence-electron chi connectivity index (χ3n) is 4.52. The predicted molar refractivity (Wildman–Crippen MR) is 107 cm³/mol. The summed E-state index contributed by atoms with van der Waals surface area (Å²) in [7, 11) is 1.33. The van der Waals surface area contributed by atoms with Gasteiger partial charge in [-0.25, -0.2) is 4.79 Å². The molecule has 4 heteroatoms. The Labute approximate surface area is 158 Å². The molecular formula is C23H21NO3.